The Hall–Kier alpha value is -3.48. The summed E-state index contributed by atoms with van der Waals surface area (Å²) in [6.07, 6.45) is -1.32. The van der Waals surface area contributed by atoms with Crippen molar-refractivity contribution < 1.29 is 39.6 Å². The highest BCUT2D eigenvalue weighted by atomic mass is 16.3. The van der Waals surface area contributed by atoms with Crippen LogP contribution in [0, 0.1) is 23.2 Å². The van der Waals surface area contributed by atoms with Gasteiger partial charge in [-0.1, -0.05) is 20.8 Å². The molecule has 0 spiro atoms. The van der Waals surface area contributed by atoms with Crippen molar-refractivity contribution in [3.63, 3.8) is 0 Å². The molecule has 3 aliphatic rings. The molecule has 1 aromatic carbocycles. The first-order valence-corrected chi connectivity index (χ1v) is 13.6. The van der Waals surface area contributed by atoms with Crippen LogP contribution in [0.4, 0.5) is 5.69 Å². The van der Waals surface area contributed by atoms with E-state index in [0.717, 1.165) is 0 Å². The van der Waals surface area contributed by atoms with Crippen molar-refractivity contribution in [2.45, 2.75) is 57.9 Å². The van der Waals surface area contributed by atoms with E-state index in [9.17, 15) is 39.6 Å². The molecule has 2 amide bonds. The number of carbonyl (C=O) groups excluding carboxylic acids is 4. The molecule has 0 bridgehead atoms. The van der Waals surface area contributed by atoms with Crippen molar-refractivity contribution in [3.05, 3.63) is 28.3 Å². The zero-order valence-corrected chi connectivity index (χ0v) is 24.5. The first-order chi connectivity index (χ1) is 18.8. The molecule has 0 heterocycles. The Morgan fingerprint density at radius 3 is 2.27 bits per heavy atom. The number of nitrogens with zero attached hydrogens (tertiary/aromatic N) is 2. The lowest BCUT2D eigenvalue weighted by molar-refractivity contribution is -0.184. The average molecular weight is 573 g/mol. The number of benzene rings is 1. The predicted octanol–water partition coefficient (Wildman–Crippen LogP) is -0.143. The number of phenolic OH excluding ortho intramolecular Hbond substituents is 1. The summed E-state index contributed by atoms with van der Waals surface area (Å²) in [5.74, 6) is -8.18. The molecule has 1 aromatic rings. The summed E-state index contributed by atoms with van der Waals surface area (Å²) in [5.41, 5.74) is 3.29. The molecular weight excluding hydrogens is 532 g/mol. The number of carbonyl (C=O) groups is 4. The second-order valence-electron chi connectivity index (χ2n) is 12.9. The number of hydrogen-bond acceptors (Lipinski definition) is 10. The highest BCUT2D eigenvalue weighted by molar-refractivity contribution is 6.25. The maximum absolute atomic E-state index is 14.0. The van der Waals surface area contributed by atoms with Crippen molar-refractivity contribution in [2.24, 2.45) is 28.9 Å². The van der Waals surface area contributed by atoms with Gasteiger partial charge in [0.1, 0.15) is 17.4 Å². The Labute approximate surface area is 238 Å². The number of nitrogens with one attached hydrogen (secondary N) is 1. The van der Waals surface area contributed by atoms with Gasteiger partial charge < -0.3 is 41.3 Å². The summed E-state index contributed by atoms with van der Waals surface area (Å²) >= 11 is 0. The van der Waals surface area contributed by atoms with Gasteiger partial charge in [0.05, 0.1) is 11.7 Å². The average Bonchev–Trinajstić information content (AvgIpc) is 2.84. The third-order valence-electron chi connectivity index (χ3n) is 8.75. The van der Waals surface area contributed by atoms with Crippen LogP contribution in [-0.4, -0.2) is 94.6 Å². The fourth-order valence-corrected chi connectivity index (χ4v) is 6.68. The standard InChI is InChI=1S/C29H40N4O8/c1-28(2,3)27(40)31-11-13-10-16(32(4)5)14-8-12-9-15-20(33(6)7)23(36)19(26(30)39)25(38)29(15,41)24(37)17(12)22(35)18(14)21(13)34/h10,12,15,19-20,23,34-36,41H,8-9,11H2,1-7H3,(H2,30,39)(H,31,40)/t12-,15-,19?,20-,23?,29-/m0/s1. The summed E-state index contributed by atoms with van der Waals surface area (Å²) in [4.78, 5) is 55.6. The normalized spacial score (nSPS) is 29.6. The van der Waals surface area contributed by atoms with E-state index in [2.05, 4.69) is 5.32 Å². The van der Waals surface area contributed by atoms with E-state index >= 15 is 0 Å². The highest BCUT2D eigenvalue weighted by Gasteiger charge is 2.67. The van der Waals surface area contributed by atoms with Gasteiger partial charge in [-0.3, -0.25) is 19.2 Å². The molecule has 2 unspecified atom stereocenters. The Bertz CT molecular complexity index is 1360. The van der Waals surface area contributed by atoms with E-state index in [1.807, 2.05) is 0 Å². The number of hydrogen-bond donors (Lipinski definition) is 6. The summed E-state index contributed by atoms with van der Waals surface area (Å²) in [7, 11) is 6.78. The van der Waals surface area contributed by atoms with E-state index in [0.29, 0.717) is 16.8 Å². The lowest BCUT2D eigenvalue weighted by atomic mass is 9.54. The summed E-state index contributed by atoms with van der Waals surface area (Å²) in [6.45, 7) is 5.19. The van der Waals surface area contributed by atoms with Crippen molar-refractivity contribution >= 4 is 34.8 Å². The van der Waals surface area contributed by atoms with Crippen LogP contribution in [-0.2, 0) is 32.1 Å². The Morgan fingerprint density at radius 2 is 1.76 bits per heavy atom. The van der Waals surface area contributed by atoms with E-state index in [4.69, 9.17) is 5.73 Å². The number of nitrogens with two attached hydrogens (primary N) is 1. The first-order valence-electron chi connectivity index (χ1n) is 13.6. The summed E-state index contributed by atoms with van der Waals surface area (Å²) in [6, 6.07) is 0.754. The number of anilines is 1. The molecule has 4 rings (SSSR count). The van der Waals surface area contributed by atoms with Crippen LogP contribution in [0.2, 0.25) is 0 Å². The largest absolute Gasteiger partial charge is 0.507 e. The minimum absolute atomic E-state index is 0.0169. The summed E-state index contributed by atoms with van der Waals surface area (Å²) in [5, 5.41) is 48.4. The number of rotatable bonds is 5. The number of ketones is 2. The molecule has 12 heteroatoms. The van der Waals surface area contributed by atoms with Gasteiger partial charge >= 0.3 is 0 Å². The second-order valence-corrected chi connectivity index (χ2v) is 12.9. The van der Waals surface area contributed by atoms with Gasteiger partial charge in [-0.05, 0) is 44.5 Å². The lowest BCUT2D eigenvalue weighted by Gasteiger charge is -2.53. The molecule has 2 fully saturated rings. The molecule has 6 atom stereocenters. The lowest BCUT2D eigenvalue weighted by Crippen LogP contribution is -2.73. The van der Waals surface area contributed by atoms with Crippen molar-refractivity contribution in [1.82, 2.24) is 10.2 Å². The van der Waals surface area contributed by atoms with Crippen LogP contribution in [0.3, 0.4) is 0 Å². The molecule has 0 aliphatic heterocycles. The zero-order chi connectivity index (χ0) is 30.9. The number of aliphatic hydroxyl groups excluding tert-OH is 2. The minimum Gasteiger partial charge on any atom is -0.507 e. The maximum atomic E-state index is 14.0. The van der Waals surface area contributed by atoms with Crippen LogP contribution in [0.15, 0.2) is 11.6 Å². The third kappa shape index (κ3) is 4.58. The Kier molecular flexibility index (Phi) is 7.51. The molecule has 224 valence electrons. The number of Topliss-reactive ketones (excluding diaryl/α,β-unsaturated/α-hetero) is 2. The van der Waals surface area contributed by atoms with E-state index < -0.39 is 64.1 Å². The molecule has 7 N–H and O–H groups in total. The minimum atomic E-state index is -2.72. The number of fused-ring (bicyclic) bond motifs is 3. The molecule has 12 nitrogen and oxygen atoms in total. The van der Waals surface area contributed by atoms with Crippen LogP contribution in [0.1, 0.15) is 43.9 Å². The summed E-state index contributed by atoms with van der Waals surface area (Å²) < 4.78 is 0. The van der Waals surface area contributed by atoms with Crippen molar-refractivity contribution in [2.75, 3.05) is 33.1 Å². The second kappa shape index (κ2) is 10.1. The van der Waals surface area contributed by atoms with Crippen LogP contribution < -0.4 is 16.0 Å². The van der Waals surface area contributed by atoms with Crippen LogP contribution in [0.5, 0.6) is 5.75 Å². The quantitative estimate of drug-likeness (QED) is 0.259. The van der Waals surface area contributed by atoms with Crippen LogP contribution >= 0.6 is 0 Å². The van der Waals surface area contributed by atoms with Crippen LogP contribution in [0.25, 0.3) is 5.76 Å². The molecule has 0 aromatic heterocycles. The Balaban J connectivity index is 1.89. The number of aliphatic hydroxyl groups is 3. The highest BCUT2D eigenvalue weighted by Crippen LogP contribution is 2.53. The third-order valence-corrected chi connectivity index (χ3v) is 8.75. The number of primary amides is 1. The first kappa shape index (κ1) is 30.5. The zero-order valence-electron chi connectivity index (χ0n) is 24.5. The van der Waals surface area contributed by atoms with Gasteiger partial charge in [-0.15, -0.1) is 0 Å². The Morgan fingerprint density at radius 1 is 1.15 bits per heavy atom. The van der Waals surface area contributed by atoms with Crippen molar-refractivity contribution in [3.8, 4) is 5.75 Å². The number of aromatic hydroxyl groups is 1. The van der Waals surface area contributed by atoms with Gasteiger partial charge in [0.15, 0.2) is 11.4 Å². The topological polar surface area (TPSA) is 194 Å². The fraction of sp³-hybridized carbons (Fsp3) is 0.586. The van der Waals surface area contributed by atoms with Crippen molar-refractivity contribution in [1.29, 1.82) is 0 Å². The van der Waals surface area contributed by atoms with E-state index in [1.54, 1.807) is 64.8 Å². The van der Waals surface area contributed by atoms with Gasteiger partial charge in [0, 0.05) is 54.8 Å². The van der Waals surface area contributed by atoms with Gasteiger partial charge in [-0.25, -0.2) is 0 Å². The SMILES string of the molecule is CN(C)c1cc(CNC(=O)C(C)(C)C)c(O)c2c1C[C@H]1C[C@H]3[C@H](N(C)C)C(O)C(C(N)=O)C(=O)[C@@]3(O)C(=O)C1=C2O. The predicted molar refractivity (Wildman–Crippen MR) is 150 cm³/mol. The molecule has 41 heavy (non-hydrogen) atoms. The molecule has 3 aliphatic carbocycles. The monoisotopic (exact) mass is 572 g/mol. The van der Waals surface area contributed by atoms with Gasteiger partial charge in [0.2, 0.25) is 17.6 Å². The van der Waals surface area contributed by atoms with E-state index in [1.165, 1.54) is 0 Å². The van der Waals surface area contributed by atoms with Gasteiger partial charge in [0.25, 0.3) is 0 Å². The van der Waals surface area contributed by atoms with E-state index in [-0.39, 0.29) is 42.2 Å². The molecular formula is C29H40N4O8. The number of likely N-dealkylation sites (N-methyl/N-ethyl adjacent to an activating group) is 1. The fourth-order valence-electron chi connectivity index (χ4n) is 6.68. The smallest absolute Gasteiger partial charge is 0.230 e. The van der Waals surface area contributed by atoms with Gasteiger partial charge in [-0.2, -0.15) is 0 Å². The number of phenols is 1. The molecule has 0 saturated heterocycles. The molecule has 2 saturated carbocycles. The number of amides is 2. The maximum Gasteiger partial charge on any atom is 0.230 e. The molecule has 0 radical (unpaired) electrons.